The standard InChI is InChI=1S/C12H18N4OS2/c1-7-5-18-10(14-7)8-9(13)15-19-11(8)16(4)6-12(2,3)17/h5,17H,6H2,1-4H3,(H2,13,15). The van der Waals surface area contributed by atoms with Crippen LogP contribution in [0, 0.1) is 6.92 Å². The monoisotopic (exact) mass is 298 g/mol. The highest BCUT2D eigenvalue weighted by Crippen LogP contribution is 2.40. The average Bonchev–Trinajstić information content (AvgIpc) is 2.81. The Bertz CT molecular complexity index is 571. The predicted molar refractivity (Wildman–Crippen MR) is 81.9 cm³/mol. The van der Waals surface area contributed by atoms with Crippen LogP contribution in [-0.4, -0.2) is 33.7 Å². The first-order valence-electron chi connectivity index (χ1n) is 5.89. The van der Waals surface area contributed by atoms with Crippen molar-refractivity contribution < 1.29 is 5.11 Å². The zero-order valence-corrected chi connectivity index (χ0v) is 13.1. The van der Waals surface area contributed by atoms with E-state index in [1.54, 1.807) is 25.2 Å². The van der Waals surface area contributed by atoms with Crippen LogP contribution >= 0.6 is 22.9 Å². The summed E-state index contributed by atoms with van der Waals surface area (Å²) < 4.78 is 4.22. The number of nitrogen functional groups attached to an aromatic ring is 1. The number of aliphatic hydroxyl groups is 1. The van der Waals surface area contributed by atoms with Gasteiger partial charge in [-0.25, -0.2) is 4.98 Å². The lowest BCUT2D eigenvalue weighted by atomic mass is 10.1. The fourth-order valence-electron chi connectivity index (χ4n) is 1.88. The number of aromatic nitrogens is 2. The van der Waals surface area contributed by atoms with Crippen molar-refractivity contribution in [3.8, 4) is 10.6 Å². The summed E-state index contributed by atoms with van der Waals surface area (Å²) in [7, 11) is 1.93. The molecule has 0 amide bonds. The highest BCUT2D eigenvalue weighted by Gasteiger charge is 2.23. The van der Waals surface area contributed by atoms with Crippen LogP contribution < -0.4 is 10.6 Å². The summed E-state index contributed by atoms with van der Waals surface area (Å²) in [6.07, 6.45) is 0. The van der Waals surface area contributed by atoms with Crippen LogP contribution in [0.2, 0.25) is 0 Å². The van der Waals surface area contributed by atoms with Crippen LogP contribution in [-0.2, 0) is 0 Å². The Hall–Kier alpha value is -1.18. The largest absolute Gasteiger partial charge is 0.389 e. The van der Waals surface area contributed by atoms with Crippen molar-refractivity contribution in [2.75, 3.05) is 24.2 Å². The van der Waals surface area contributed by atoms with Gasteiger partial charge in [0.25, 0.3) is 0 Å². The first-order chi connectivity index (χ1) is 8.78. The number of hydrogen-bond donors (Lipinski definition) is 2. The van der Waals surface area contributed by atoms with Crippen LogP contribution in [0.25, 0.3) is 10.6 Å². The molecule has 0 aliphatic carbocycles. The molecule has 0 aliphatic rings. The summed E-state index contributed by atoms with van der Waals surface area (Å²) in [5, 5.41) is 13.7. The molecule has 2 heterocycles. The van der Waals surface area contributed by atoms with Gasteiger partial charge in [0.15, 0.2) is 0 Å². The van der Waals surface area contributed by atoms with Gasteiger partial charge < -0.3 is 15.7 Å². The second kappa shape index (κ2) is 5.07. The number of thiazole rings is 1. The molecule has 0 fully saturated rings. The maximum Gasteiger partial charge on any atom is 0.149 e. The van der Waals surface area contributed by atoms with Crippen LogP contribution in [0.3, 0.4) is 0 Å². The number of hydrogen-bond acceptors (Lipinski definition) is 7. The van der Waals surface area contributed by atoms with Crippen molar-refractivity contribution in [2.24, 2.45) is 0 Å². The average molecular weight is 298 g/mol. The molecule has 0 aromatic carbocycles. The third-order valence-corrected chi connectivity index (χ3v) is 4.46. The molecule has 0 saturated heterocycles. The topological polar surface area (TPSA) is 75.3 Å². The van der Waals surface area contributed by atoms with E-state index in [0.717, 1.165) is 21.3 Å². The van der Waals surface area contributed by atoms with Gasteiger partial charge in [-0.15, -0.1) is 11.3 Å². The number of nitrogens with two attached hydrogens (primary N) is 1. The van der Waals surface area contributed by atoms with Crippen molar-refractivity contribution in [3.05, 3.63) is 11.1 Å². The van der Waals surface area contributed by atoms with E-state index in [1.165, 1.54) is 11.5 Å². The lowest BCUT2D eigenvalue weighted by Gasteiger charge is -2.26. The summed E-state index contributed by atoms with van der Waals surface area (Å²) in [6.45, 7) is 6.02. The van der Waals surface area contributed by atoms with Gasteiger partial charge in [-0.05, 0) is 32.3 Å². The normalized spacial score (nSPS) is 11.8. The van der Waals surface area contributed by atoms with E-state index in [9.17, 15) is 5.11 Å². The Balaban J connectivity index is 2.38. The van der Waals surface area contributed by atoms with E-state index < -0.39 is 5.60 Å². The zero-order chi connectivity index (χ0) is 14.2. The van der Waals surface area contributed by atoms with Gasteiger partial charge in [-0.2, -0.15) is 4.37 Å². The van der Waals surface area contributed by atoms with Gasteiger partial charge in [0.2, 0.25) is 0 Å². The van der Waals surface area contributed by atoms with Crippen molar-refractivity contribution in [1.29, 1.82) is 0 Å². The second-order valence-electron chi connectivity index (χ2n) is 5.21. The summed E-state index contributed by atoms with van der Waals surface area (Å²) in [5.41, 5.74) is 7.03. The Morgan fingerprint density at radius 2 is 2.16 bits per heavy atom. The van der Waals surface area contributed by atoms with Crippen LogP contribution in [0.15, 0.2) is 5.38 Å². The first-order valence-corrected chi connectivity index (χ1v) is 7.54. The third-order valence-electron chi connectivity index (χ3n) is 2.50. The summed E-state index contributed by atoms with van der Waals surface area (Å²) >= 11 is 2.89. The Kier molecular flexibility index (Phi) is 3.80. The maximum atomic E-state index is 9.92. The molecule has 0 bridgehead atoms. The van der Waals surface area contributed by atoms with Crippen LogP contribution in [0.1, 0.15) is 19.5 Å². The van der Waals surface area contributed by atoms with Gasteiger partial charge in [0, 0.05) is 24.7 Å². The second-order valence-corrected chi connectivity index (χ2v) is 6.82. The highest BCUT2D eigenvalue weighted by molar-refractivity contribution is 7.15. The molecule has 0 atom stereocenters. The third kappa shape index (κ3) is 3.23. The first kappa shape index (κ1) is 14.2. The van der Waals surface area contributed by atoms with E-state index in [1.807, 2.05) is 24.3 Å². The Morgan fingerprint density at radius 3 is 2.68 bits per heavy atom. The minimum atomic E-state index is -0.774. The van der Waals surface area contributed by atoms with Gasteiger partial charge in [0.1, 0.15) is 15.8 Å². The Labute approximate surface area is 120 Å². The fraction of sp³-hybridized carbons (Fsp3) is 0.500. The molecule has 104 valence electrons. The smallest absolute Gasteiger partial charge is 0.149 e. The molecule has 0 radical (unpaired) electrons. The van der Waals surface area contributed by atoms with E-state index in [2.05, 4.69) is 9.36 Å². The van der Waals surface area contributed by atoms with Crippen LogP contribution in [0.4, 0.5) is 10.8 Å². The van der Waals surface area contributed by atoms with Crippen molar-refractivity contribution in [1.82, 2.24) is 9.36 Å². The van der Waals surface area contributed by atoms with Crippen molar-refractivity contribution in [3.63, 3.8) is 0 Å². The van der Waals surface area contributed by atoms with Crippen LogP contribution in [0.5, 0.6) is 0 Å². The fourth-order valence-corrected chi connectivity index (χ4v) is 3.56. The molecule has 0 unspecified atom stereocenters. The van der Waals surface area contributed by atoms with Gasteiger partial charge >= 0.3 is 0 Å². The molecule has 2 rings (SSSR count). The van der Waals surface area contributed by atoms with Gasteiger partial charge in [0.05, 0.1) is 11.2 Å². The number of nitrogens with zero attached hydrogens (tertiary/aromatic N) is 3. The SMILES string of the molecule is Cc1csc(-c2c(N)nsc2N(C)CC(C)(C)O)n1. The van der Waals surface area contributed by atoms with Crippen molar-refractivity contribution >= 4 is 33.7 Å². The molecule has 2 aromatic rings. The summed E-state index contributed by atoms with van der Waals surface area (Å²) in [4.78, 5) is 6.44. The lowest BCUT2D eigenvalue weighted by Crippen LogP contribution is -2.36. The minimum Gasteiger partial charge on any atom is -0.389 e. The lowest BCUT2D eigenvalue weighted by molar-refractivity contribution is 0.0888. The van der Waals surface area contributed by atoms with Gasteiger partial charge in [-0.3, -0.25) is 0 Å². The molecule has 0 saturated carbocycles. The summed E-state index contributed by atoms with van der Waals surface area (Å²) in [5.74, 6) is 0.497. The zero-order valence-electron chi connectivity index (χ0n) is 11.5. The van der Waals surface area contributed by atoms with E-state index >= 15 is 0 Å². The molecule has 7 heteroatoms. The number of anilines is 2. The summed E-state index contributed by atoms with van der Waals surface area (Å²) in [6, 6.07) is 0. The number of rotatable bonds is 4. The molecular weight excluding hydrogens is 280 g/mol. The molecule has 2 aromatic heterocycles. The molecular formula is C12H18N4OS2. The maximum absolute atomic E-state index is 9.92. The highest BCUT2D eigenvalue weighted by atomic mass is 32.1. The molecule has 5 nitrogen and oxygen atoms in total. The quantitative estimate of drug-likeness (QED) is 0.906. The molecule has 19 heavy (non-hydrogen) atoms. The minimum absolute atomic E-state index is 0.497. The number of aryl methyl sites for hydroxylation is 1. The van der Waals surface area contributed by atoms with E-state index in [4.69, 9.17) is 5.73 Å². The van der Waals surface area contributed by atoms with E-state index in [0.29, 0.717) is 12.4 Å². The molecule has 0 spiro atoms. The molecule has 0 aliphatic heterocycles. The predicted octanol–water partition coefficient (Wildman–Crippen LogP) is 2.36. The Morgan fingerprint density at radius 1 is 1.47 bits per heavy atom. The molecule has 3 N–H and O–H groups in total. The van der Waals surface area contributed by atoms with Crippen molar-refractivity contribution in [2.45, 2.75) is 26.4 Å². The number of likely N-dealkylation sites (N-methyl/N-ethyl adjacent to an activating group) is 1. The van der Waals surface area contributed by atoms with Gasteiger partial charge in [-0.1, -0.05) is 0 Å². The van der Waals surface area contributed by atoms with E-state index in [-0.39, 0.29) is 0 Å².